The van der Waals surface area contributed by atoms with E-state index in [2.05, 4.69) is 0 Å². The van der Waals surface area contributed by atoms with E-state index in [9.17, 15) is 18.0 Å². The van der Waals surface area contributed by atoms with E-state index in [0.717, 1.165) is 6.42 Å². The number of rotatable bonds is 9. The number of carbonyl (C=O) groups is 1. The third kappa shape index (κ3) is 10.1. The number of unbranched alkanes of at least 4 members (excludes halogenated alkanes) is 1. The normalized spacial score (nSPS) is 13.6. The number of thioether (sulfide) groups is 1. The Labute approximate surface area is 117 Å². The Kier molecular flexibility index (Phi) is 9.31. The third-order valence-corrected chi connectivity index (χ3v) is 4.06. The van der Waals surface area contributed by atoms with Crippen molar-refractivity contribution < 1.29 is 22.7 Å². The average Bonchev–Trinajstić information content (AvgIpc) is 2.28. The number of carbonyl (C=O) groups excluding carboxylic acids is 1. The summed E-state index contributed by atoms with van der Waals surface area (Å²) in [5.41, 5.74) is 0. The van der Waals surface area contributed by atoms with Crippen LogP contribution in [0.4, 0.5) is 13.2 Å². The lowest BCUT2D eigenvalue weighted by molar-refractivity contribution is -0.143. The molecule has 0 bridgehead atoms. The van der Waals surface area contributed by atoms with Crippen molar-refractivity contribution in [2.24, 2.45) is 5.92 Å². The first-order chi connectivity index (χ1) is 8.78. The van der Waals surface area contributed by atoms with Crippen LogP contribution in [0.15, 0.2) is 0 Å². The van der Waals surface area contributed by atoms with Gasteiger partial charge in [-0.1, -0.05) is 20.8 Å². The molecule has 0 amide bonds. The molecule has 114 valence electrons. The molecule has 1 atom stereocenters. The van der Waals surface area contributed by atoms with Crippen LogP contribution in [-0.4, -0.2) is 29.8 Å². The van der Waals surface area contributed by atoms with E-state index in [-0.39, 0.29) is 23.6 Å². The summed E-state index contributed by atoms with van der Waals surface area (Å²) >= 11 is 1.40. The topological polar surface area (TPSA) is 26.3 Å². The van der Waals surface area contributed by atoms with Crippen LogP contribution in [0, 0.1) is 5.92 Å². The van der Waals surface area contributed by atoms with E-state index in [1.165, 1.54) is 11.8 Å². The fraction of sp³-hybridized carbons (Fsp3) is 0.923. The maximum Gasteiger partial charge on any atom is 0.389 e. The monoisotopic (exact) mass is 300 g/mol. The third-order valence-electron chi connectivity index (χ3n) is 2.44. The first kappa shape index (κ1) is 18.6. The minimum Gasteiger partial charge on any atom is -0.465 e. The molecule has 1 unspecified atom stereocenters. The molecular formula is C13H23F3O2S. The average molecular weight is 300 g/mol. The zero-order valence-electron chi connectivity index (χ0n) is 11.8. The van der Waals surface area contributed by atoms with Crippen molar-refractivity contribution in [3.8, 4) is 0 Å². The molecular weight excluding hydrogens is 277 g/mol. The number of esters is 1. The summed E-state index contributed by atoms with van der Waals surface area (Å²) < 4.78 is 41.0. The summed E-state index contributed by atoms with van der Waals surface area (Å²) in [4.78, 5) is 11.7. The lowest BCUT2D eigenvalue weighted by Gasteiger charge is -2.18. The number of alkyl halides is 3. The molecule has 2 nitrogen and oxygen atoms in total. The smallest absolute Gasteiger partial charge is 0.389 e. The first-order valence-corrected chi connectivity index (χ1v) is 7.67. The highest BCUT2D eigenvalue weighted by atomic mass is 32.2. The van der Waals surface area contributed by atoms with Gasteiger partial charge < -0.3 is 4.74 Å². The van der Waals surface area contributed by atoms with Crippen LogP contribution in [0.1, 0.15) is 46.5 Å². The van der Waals surface area contributed by atoms with E-state index < -0.39 is 12.6 Å². The minimum absolute atomic E-state index is 0.116. The molecule has 0 spiro atoms. The Hall–Kier alpha value is -0.390. The highest BCUT2D eigenvalue weighted by Crippen LogP contribution is 2.25. The maximum absolute atomic E-state index is 12.0. The Morgan fingerprint density at radius 1 is 1.26 bits per heavy atom. The van der Waals surface area contributed by atoms with Crippen molar-refractivity contribution in [1.82, 2.24) is 0 Å². The standard InChI is InChI=1S/C13H23F3O2S/c1-4-8-18-12(17)11(10(2)3)19-9-6-5-7-13(14,15)16/h10-11H,4-9H2,1-3H3. The zero-order chi connectivity index (χ0) is 14.9. The first-order valence-electron chi connectivity index (χ1n) is 6.63. The van der Waals surface area contributed by atoms with Gasteiger partial charge >= 0.3 is 12.1 Å². The van der Waals surface area contributed by atoms with Gasteiger partial charge in [-0.2, -0.15) is 13.2 Å². The van der Waals surface area contributed by atoms with Crippen molar-refractivity contribution in [2.45, 2.75) is 57.9 Å². The number of hydrogen-bond donors (Lipinski definition) is 0. The van der Waals surface area contributed by atoms with E-state index in [1.54, 1.807) is 0 Å². The zero-order valence-corrected chi connectivity index (χ0v) is 12.6. The van der Waals surface area contributed by atoms with Gasteiger partial charge in [0.1, 0.15) is 5.25 Å². The van der Waals surface area contributed by atoms with Crippen LogP contribution in [0.2, 0.25) is 0 Å². The second-order valence-electron chi connectivity index (χ2n) is 4.78. The van der Waals surface area contributed by atoms with Gasteiger partial charge in [0.25, 0.3) is 0 Å². The molecule has 19 heavy (non-hydrogen) atoms. The molecule has 0 fully saturated rings. The summed E-state index contributed by atoms with van der Waals surface area (Å²) in [6, 6.07) is 0. The van der Waals surface area contributed by atoms with Crippen LogP contribution in [0.3, 0.4) is 0 Å². The SMILES string of the molecule is CCCOC(=O)C(SCCCCC(F)(F)F)C(C)C. The predicted molar refractivity (Wildman–Crippen MR) is 72.2 cm³/mol. The Balaban J connectivity index is 3.92. The molecule has 0 aliphatic rings. The van der Waals surface area contributed by atoms with Gasteiger partial charge in [0, 0.05) is 6.42 Å². The lowest BCUT2D eigenvalue weighted by atomic mass is 10.1. The van der Waals surface area contributed by atoms with Gasteiger partial charge in [-0.25, -0.2) is 0 Å². The van der Waals surface area contributed by atoms with Crippen molar-refractivity contribution >= 4 is 17.7 Å². The molecule has 0 aromatic heterocycles. The van der Waals surface area contributed by atoms with E-state index in [1.807, 2.05) is 20.8 Å². The van der Waals surface area contributed by atoms with Crippen molar-refractivity contribution in [3.05, 3.63) is 0 Å². The quantitative estimate of drug-likeness (QED) is 0.465. The molecule has 0 N–H and O–H groups in total. The maximum atomic E-state index is 12.0. The van der Waals surface area contributed by atoms with Crippen LogP contribution in [-0.2, 0) is 9.53 Å². The Morgan fingerprint density at radius 2 is 1.89 bits per heavy atom. The summed E-state index contributed by atoms with van der Waals surface area (Å²) in [6.07, 6.45) is -3.48. The van der Waals surface area contributed by atoms with Crippen molar-refractivity contribution in [1.29, 1.82) is 0 Å². The molecule has 0 saturated heterocycles. The lowest BCUT2D eigenvalue weighted by Crippen LogP contribution is -2.26. The molecule has 0 heterocycles. The molecule has 0 rings (SSSR count). The highest BCUT2D eigenvalue weighted by molar-refractivity contribution is 8.00. The summed E-state index contributed by atoms with van der Waals surface area (Å²) in [5, 5.41) is -0.280. The molecule has 6 heteroatoms. The van der Waals surface area contributed by atoms with Crippen molar-refractivity contribution in [3.63, 3.8) is 0 Å². The van der Waals surface area contributed by atoms with Gasteiger partial charge in [0.2, 0.25) is 0 Å². The summed E-state index contributed by atoms with van der Waals surface area (Å²) in [7, 11) is 0. The number of ether oxygens (including phenoxy) is 1. The van der Waals surface area contributed by atoms with Gasteiger partial charge in [0.15, 0.2) is 0 Å². The Bertz CT molecular complexity index is 255. The fourth-order valence-electron chi connectivity index (χ4n) is 1.46. The second kappa shape index (κ2) is 9.50. The summed E-state index contributed by atoms with van der Waals surface area (Å²) in [5.74, 6) is 0.426. The number of hydrogen-bond acceptors (Lipinski definition) is 3. The second-order valence-corrected chi connectivity index (χ2v) is 6.02. The van der Waals surface area contributed by atoms with Gasteiger partial charge in [-0.3, -0.25) is 4.79 Å². The molecule has 0 radical (unpaired) electrons. The molecule has 0 aliphatic carbocycles. The minimum atomic E-state index is -4.08. The van der Waals surface area contributed by atoms with E-state index >= 15 is 0 Å². The van der Waals surface area contributed by atoms with Crippen LogP contribution < -0.4 is 0 Å². The van der Waals surface area contributed by atoms with Gasteiger partial charge in [0.05, 0.1) is 6.61 Å². The van der Waals surface area contributed by atoms with Crippen LogP contribution in [0.25, 0.3) is 0 Å². The molecule has 0 aromatic carbocycles. The fourth-order valence-corrected chi connectivity index (χ4v) is 2.67. The predicted octanol–water partition coefficient (Wildman–Crippen LogP) is 4.43. The van der Waals surface area contributed by atoms with Gasteiger partial charge in [-0.05, 0) is 30.9 Å². The summed E-state index contributed by atoms with van der Waals surface area (Å²) in [6.45, 7) is 6.15. The molecule has 0 saturated carbocycles. The van der Waals surface area contributed by atoms with Crippen LogP contribution in [0.5, 0.6) is 0 Å². The molecule has 0 aliphatic heterocycles. The largest absolute Gasteiger partial charge is 0.465 e. The van der Waals surface area contributed by atoms with Crippen LogP contribution >= 0.6 is 11.8 Å². The highest BCUT2D eigenvalue weighted by Gasteiger charge is 2.27. The number of halogens is 3. The Morgan fingerprint density at radius 3 is 2.37 bits per heavy atom. The van der Waals surface area contributed by atoms with E-state index in [0.29, 0.717) is 18.8 Å². The van der Waals surface area contributed by atoms with Crippen molar-refractivity contribution in [2.75, 3.05) is 12.4 Å². The van der Waals surface area contributed by atoms with Gasteiger partial charge in [-0.15, -0.1) is 11.8 Å². The van der Waals surface area contributed by atoms with E-state index in [4.69, 9.17) is 4.74 Å². The molecule has 0 aromatic rings.